The van der Waals surface area contributed by atoms with E-state index in [0.29, 0.717) is 29.4 Å². The molecule has 7 heteroatoms. The van der Waals surface area contributed by atoms with Crippen molar-refractivity contribution < 1.29 is 8.94 Å². The predicted octanol–water partition coefficient (Wildman–Crippen LogP) is 2.47. The van der Waals surface area contributed by atoms with Crippen molar-refractivity contribution in [1.82, 2.24) is 10.1 Å². The number of nitrogen functional groups attached to an aromatic ring is 2. The maximum atomic E-state index is 5.91. The Kier molecular flexibility index (Phi) is 4.51. The van der Waals surface area contributed by atoms with Gasteiger partial charge in [0.2, 0.25) is 0 Å². The first kappa shape index (κ1) is 17.1. The summed E-state index contributed by atoms with van der Waals surface area (Å²) in [6.07, 6.45) is 1.42. The Balaban J connectivity index is 1.46. The average Bonchev–Trinajstić information content (AvgIpc) is 3.26. The maximum absolute atomic E-state index is 5.91. The molecule has 6 nitrogen and oxygen atoms in total. The standard InChI is InChI=1S/C20H17N4O2Si/c21-18-7-6-16(20(22)23-18)17-11-14(24-26-17)9-12-1-3-13(4-2-12)10-15-5-8-19(27)25-15/h1-8,11H,9-10H2,(H4,21,22,23). The van der Waals surface area contributed by atoms with Crippen molar-refractivity contribution in [2.45, 2.75) is 12.8 Å². The lowest BCUT2D eigenvalue weighted by Gasteiger charge is -2.02. The summed E-state index contributed by atoms with van der Waals surface area (Å²) in [5.74, 6) is 2.20. The van der Waals surface area contributed by atoms with E-state index in [0.717, 1.165) is 28.8 Å². The molecule has 3 radical (unpaired) electrons. The predicted molar refractivity (Wildman–Crippen MR) is 105 cm³/mol. The van der Waals surface area contributed by atoms with E-state index < -0.39 is 0 Å². The van der Waals surface area contributed by atoms with Crippen LogP contribution < -0.4 is 16.9 Å². The number of nitrogens with zero attached hydrogens (tertiary/aromatic N) is 2. The van der Waals surface area contributed by atoms with E-state index in [2.05, 4.69) is 44.6 Å². The van der Waals surface area contributed by atoms with Crippen molar-refractivity contribution >= 4 is 27.3 Å². The molecule has 0 amide bonds. The second-order valence-corrected chi connectivity index (χ2v) is 6.78. The third kappa shape index (κ3) is 3.93. The van der Waals surface area contributed by atoms with Crippen LogP contribution >= 0.6 is 0 Å². The molecule has 0 aliphatic heterocycles. The molecule has 4 rings (SSSR count). The molecule has 3 heterocycles. The molecule has 0 aliphatic carbocycles. The molecule has 1 aromatic carbocycles. The van der Waals surface area contributed by atoms with E-state index in [1.807, 2.05) is 18.2 Å². The zero-order valence-corrected chi connectivity index (χ0v) is 15.5. The quantitative estimate of drug-likeness (QED) is 0.521. The summed E-state index contributed by atoms with van der Waals surface area (Å²) in [5, 5.41) is 4.87. The van der Waals surface area contributed by atoms with Crippen LogP contribution in [0.5, 0.6) is 0 Å². The molecule has 0 unspecified atom stereocenters. The highest BCUT2D eigenvalue weighted by atomic mass is 28.1. The Morgan fingerprint density at radius 1 is 0.889 bits per heavy atom. The third-order valence-corrected chi connectivity index (χ3v) is 4.49. The minimum Gasteiger partial charge on any atom is -0.472 e. The third-order valence-electron chi connectivity index (χ3n) is 4.22. The second-order valence-electron chi connectivity index (χ2n) is 6.29. The lowest BCUT2D eigenvalue weighted by molar-refractivity contribution is 0.425. The van der Waals surface area contributed by atoms with Gasteiger partial charge < -0.3 is 20.4 Å². The zero-order chi connectivity index (χ0) is 18.8. The molecule has 0 saturated carbocycles. The van der Waals surface area contributed by atoms with Gasteiger partial charge in [-0.05, 0) is 35.4 Å². The SMILES string of the molecule is Nc1ccc(-c2cc(Cc3ccc(Cc4ccc([Si])o4)cc3)no2)c(N)n1. The fraction of sp³-hybridized carbons (Fsp3) is 0.100. The minimum atomic E-state index is 0.325. The van der Waals surface area contributed by atoms with Crippen molar-refractivity contribution in [2.75, 3.05) is 11.5 Å². The molecular formula is C20H17N4O2Si. The molecule has 27 heavy (non-hydrogen) atoms. The number of benzene rings is 1. The molecule has 3 aromatic heterocycles. The van der Waals surface area contributed by atoms with Gasteiger partial charge in [-0.1, -0.05) is 29.4 Å². The van der Waals surface area contributed by atoms with Crippen molar-refractivity contribution in [3.63, 3.8) is 0 Å². The molecule has 0 atom stereocenters. The Hall–Kier alpha value is -3.32. The molecule has 0 aliphatic rings. The normalized spacial score (nSPS) is 11.0. The van der Waals surface area contributed by atoms with Crippen LogP contribution in [0.4, 0.5) is 11.6 Å². The summed E-state index contributed by atoms with van der Waals surface area (Å²) in [7, 11) is 3.37. The summed E-state index contributed by atoms with van der Waals surface area (Å²) in [5.41, 5.74) is 15.4. The van der Waals surface area contributed by atoms with Crippen LogP contribution in [-0.4, -0.2) is 20.4 Å². The van der Waals surface area contributed by atoms with Crippen LogP contribution in [0.2, 0.25) is 0 Å². The molecule has 0 saturated heterocycles. The van der Waals surface area contributed by atoms with Crippen molar-refractivity contribution in [3.05, 3.63) is 77.2 Å². The molecule has 0 spiro atoms. The van der Waals surface area contributed by atoms with Crippen molar-refractivity contribution in [2.24, 2.45) is 0 Å². The maximum Gasteiger partial charge on any atom is 0.170 e. The number of nitrogens with two attached hydrogens (primary N) is 2. The molecule has 133 valence electrons. The molecular weight excluding hydrogens is 356 g/mol. The van der Waals surface area contributed by atoms with E-state index in [-0.39, 0.29) is 0 Å². The van der Waals surface area contributed by atoms with Crippen molar-refractivity contribution in [1.29, 1.82) is 0 Å². The number of anilines is 2. The Morgan fingerprint density at radius 2 is 1.63 bits per heavy atom. The average molecular weight is 373 g/mol. The topological polar surface area (TPSA) is 104 Å². The van der Waals surface area contributed by atoms with Crippen LogP contribution in [0.3, 0.4) is 0 Å². The lowest BCUT2D eigenvalue weighted by atomic mass is 10.0. The van der Waals surface area contributed by atoms with Crippen LogP contribution in [0.1, 0.15) is 22.6 Å². The van der Waals surface area contributed by atoms with Gasteiger partial charge in [0, 0.05) is 18.9 Å². The van der Waals surface area contributed by atoms with E-state index in [9.17, 15) is 0 Å². The van der Waals surface area contributed by atoms with Crippen LogP contribution in [0, 0.1) is 0 Å². The number of aromatic nitrogens is 2. The summed E-state index contributed by atoms with van der Waals surface area (Å²) in [4.78, 5) is 4.05. The Labute approximate surface area is 159 Å². The van der Waals surface area contributed by atoms with Gasteiger partial charge in [-0.15, -0.1) is 0 Å². The number of hydrogen-bond donors (Lipinski definition) is 2. The first-order valence-electron chi connectivity index (χ1n) is 8.43. The molecule has 4 aromatic rings. The fourth-order valence-electron chi connectivity index (χ4n) is 2.88. The van der Waals surface area contributed by atoms with Crippen LogP contribution in [0.15, 0.2) is 63.5 Å². The van der Waals surface area contributed by atoms with Gasteiger partial charge in [-0.2, -0.15) is 0 Å². The van der Waals surface area contributed by atoms with Gasteiger partial charge in [0.1, 0.15) is 27.6 Å². The van der Waals surface area contributed by atoms with E-state index in [1.54, 1.807) is 12.1 Å². The van der Waals surface area contributed by atoms with Gasteiger partial charge in [-0.3, -0.25) is 0 Å². The lowest BCUT2D eigenvalue weighted by Crippen LogP contribution is -1.97. The van der Waals surface area contributed by atoms with E-state index in [4.69, 9.17) is 20.4 Å². The Morgan fingerprint density at radius 3 is 2.30 bits per heavy atom. The molecule has 0 bridgehead atoms. The van der Waals surface area contributed by atoms with Crippen LogP contribution in [-0.2, 0) is 12.8 Å². The highest BCUT2D eigenvalue weighted by Gasteiger charge is 2.11. The smallest absolute Gasteiger partial charge is 0.170 e. The van der Waals surface area contributed by atoms with Gasteiger partial charge >= 0.3 is 0 Å². The minimum absolute atomic E-state index is 0.325. The first-order chi connectivity index (χ1) is 13.1. The number of furan rings is 1. The highest BCUT2D eigenvalue weighted by molar-refractivity contribution is 6.29. The van der Waals surface area contributed by atoms with E-state index >= 15 is 0 Å². The number of hydrogen-bond acceptors (Lipinski definition) is 6. The molecule has 0 fully saturated rings. The fourth-order valence-corrected chi connectivity index (χ4v) is 3.09. The van der Waals surface area contributed by atoms with Gasteiger partial charge in [-0.25, -0.2) is 4.98 Å². The van der Waals surface area contributed by atoms with Gasteiger partial charge in [0.15, 0.2) is 5.76 Å². The van der Waals surface area contributed by atoms with Crippen LogP contribution in [0.25, 0.3) is 11.3 Å². The van der Waals surface area contributed by atoms with Gasteiger partial charge in [0.05, 0.1) is 16.6 Å². The number of pyridine rings is 1. The largest absolute Gasteiger partial charge is 0.472 e. The second kappa shape index (κ2) is 7.12. The van der Waals surface area contributed by atoms with E-state index in [1.165, 1.54) is 5.56 Å². The summed E-state index contributed by atoms with van der Waals surface area (Å²) in [6.45, 7) is 0. The Bertz CT molecular complexity index is 1070. The first-order valence-corrected chi connectivity index (χ1v) is 8.93. The summed E-state index contributed by atoms with van der Waals surface area (Å²) >= 11 is 0. The monoisotopic (exact) mass is 373 g/mol. The highest BCUT2D eigenvalue weighted by Crippen LogP contribution is 2.26. The van der Waals surface area contributed by atoms with Crippen molar-refractivity contribution in [3.8, 4) is 11.3 Å². The summed E-state index contributed by atoms with van der Waals surface area (Å²) in [6, 6.07) is 17.5. The number of rotatable bonds is 5. The molecule has 4 N–H and O–H groups in total. The summed E-state index contributed by atoms with van der Waals surface area (Å²) < 4.78 is 11.0. The zero-order valence-electron chi connectivity index (χ0n) is 14.5. The van der Waals surface area contributed by atoms with Gasteiger partial charge in [0.25, 0.3) is 0 Å².